The van der Waals surface area contributed by atoms with Crippen LogP contribution in [0, 0.1) is 0 Å². The molecule has 0 aliphatic carbocycles. The number of anilines is 2. The summed E-state index contributed by atoms with van der Waals surface area (Å²) < 4.78 is 0. The van der Waals surface area contributed by atoms with E-state index in [1.807, 2.05) is 55.6 Å². The zero-order valence-electron chi connectivity index (χ0n) is 9.60. The first-order valence-electron chi connectivity index (χ1n) is 5.40. The normalized spacial score (nSPS) is 10.3. The third-order valence-electron chi connectivity index (χ3n) is 2.69. The van der Waals surface area contributed by atoms with Gasteiger partial charge in [-0.15, -0.1) is 0 Å². The Morgan fingerprint density at radius 2 is 1.76 bits per heavy atom. The van der Waals surface area contributed by atoms with E-state index in [1.165, 1.54) is 0 Å². The fourth-order valence-electron chi connectivity index (χ4n) is 1.68. The molecular weight excluding hydrogens is 234 g/mol. The fraction of sp³-hybridized carbons (Fsp3) is 0.143. The number of benzene rings is 2. The van der Waals surface area contributed by atoms with E-state index in [9.17, 15) is 0 Å². The molecule has 2 aromatic rings. The third-order valence-corrected chi connectivity index (χ3v) is 2.95. The third kappa shape index (κ3) is 2.78. The second-order valence-electron chi connectivity index (χ2n) is 3.86. The van der Waals surface area contributed by atoms with E-state index in [2.05, 4.69) is 4.90 Å². The molecular formula is C14H14ClNO. The molecule has 0 radical (unpaired) electrons. The number of aliphatic hydroxyl groups excluding tert-OH is 1. The molecule has 1 N–H and O–H groups in total. The molecule has 0 saturated carbocycles. The maximum atomic E-state index is 9.11. The monoisotopic (exact) mass is 247 g/mol. The summed E-state index contributed by atoms with van der Waals surface area (Å²) in [6.07, 6.45) is 0. The Hall–Kier alpha value is -1.51. The van der Waals surface area contributed by atoms with Crippen LogP contribution in [0.25, 0.3) is 0 Å². The van der Waals surface area contributed by atoms with Crippen LogP contribution in [0.3, 0.4) is 0 Å². The van der Waals surface area contributed by atoms with Crippen LogP contribution < -0.4 is 4.90 Å². The van der Waals surface area contributed by atoms with E-state index >= 15 is 0 Å². The molecule has 0 aliphatic rings. The number of hydrogen-bond acceptors (Lipinski definition) is 2. The molecule has 0 atom stereocenters. The summed E-state index contributed by atoms with van der Waals surface area (Å²) in [4.78, 5) is 2.05. The first-order valence-corrected chi connectivity index (χ1v) is 5.77. The van der Waals surface area contributed by atoms with Crippen LogP contribution in [0.1, 0.15) is 5.56 Å². The van der Waals surface area contributed by atoms with Crippen molar-refractivity contribution in [2.45, 2.75) is 6.61 Å². The SMILES string of the molecule is CN(c1ccc(Cl)cc1)c1cccc(CO)c1. The van der Waals surface area contributed by atoms with Crippen molar-refractivity contribution in [1.82, 2.24) is 0 Å². The highest BCUT2D eigenvalue weighted by Gasteiger charge is 2.04. The van der Waals surface area contributed by atoms with Gasteiger partial charge in [-0.05, 0) is 42.0 Å². The van der Waals surface area contributed by atoms with Gasteiger partial charge in [0, 0.05) is 23.4 Å². The van der Waals surface area contributed by atoms with E-state index in [0.29, 0.717) is 0 Å². The minimum atomic E-state index is 0.0578. The van der Waals surface area contributed by atoms with Crippen molar-refractivity contribution in [2.75, 3.05) is 11.9 Å². The second kappa shape index (κ2) is 5.21. The summed E-state index contributed by atoms with van der Waals surface area (Å²) in [5.74, 6) is 0. The number of hydrogen-bond donors (Lipinski definition) is 1. The molecule has 17 heavy (non-hydrogen) atoms. The van der Waals surface area contributed by atoms with Gasteiger partial charge in [0.25, 0.3) is 0 Å². The smallest absolute Gasteiger partial charge is 0.0682 e. The average Bonchev–Trinajstić information content (AvgIpc) is 2.39. The second-order valence-corrected chi connectivity index (χ2v) is 4.30. The lowest BCUT2D eigenvalue weighted by molar-refractivity contribution is 0.282. The molecule has 2 nitrogen and oxygen atoms in total. The lowest BCUT2D eigenvalue weighted by Crippen LogP contribution is -2.09. The van der Waals surface area contributed by atoms with E-state index in [4.69, 9.17) is 16.7 Å². The van der Waals surface area contributed by atoms with Crippen molar-refractivity contribution in [3.63, 3.8) is 0 Å². The highest BCUT2D eigenvalue weighted by Crippen LogP contribution is 2.25. The molecule has 88 valence electrons. The molecule has 0 heterocycles. The van der Waals surface area contributed by atoms with Gasteiger partial charge in [-0.1, -0.05) is 23.7 Å². The van der Waals surface area contributed by atoms with E-state index < -0.39 is 0 Å². The average molecular weight is 248 g/mol. The van der Waals surface area contributed by atoms with Crippen molar-refractivity contribution < 1.29 is 5.11 Å². The van der Waals surface area contributed by atoms with Crippen LogP contribution in [0.4, 0.5) is 11.4 Å². The molecule has 0 bridgehead atoms. The van der Waals surface area contributed by atoms with Gasteiger partial charge in [-0.2, -0.15) is 0 Å². The molecule has 2 rings (SSSR count). The molecule has 0 saturated heterocycles. The molecule has 0 unspecified atom stereocenters. The Bertz CT molecular complexity index is 496. The predicted molar refractivity (Wildman–Crippen MR) is 71.9 cm³/mol. The summed E-state index contributed by atoms with van der Waals surface area (Å²) in [6, 6.07) is 15.5. The Kier molecular flexibility index (Phi) is 3.67. The van der Waals surface area contributed by atoms with Gasteiger partial charge < -0.3 is 10.0 Å². The predicted octanol–water partition coefficient (Wildman–Crippen LogP) is 3.60. The van der Waals surface area contributed by atoms with Gasteiger partial charge in [0.15, 0.2) is 0 Å². The van der Waals surface area contributed by atoms with Gasteiger partial charge in [0.1, 0.15) is 0 Å². The van der Waals surface area contributed by atoms with Gasteiger partial charge >= 0.3 is 0 Å². The van der Waals surface area contributed by atoms with Crippen LogP contribution in [-0.4, -0.2) is 12.2 Å². The first kappa shape index (κ1) is 12.0. The van der Waals surface area contributed by atoms with Crippen molar-refractivity contribution in [1.29, 1.82) is 0 Å². The van der Waals surface area contributed by atoms with Gasteiger partial charge in [0.2, 0.25) is 0 Å². The van der Waals surface area contributed by atoms with Crippen molar-refractivity contribution in [3.05, 3.63) is 59.1 Å². The minimum absolute atomic E-state index is 0.0578. The van der Waals surface area contributed by atoms with Crippen LogP contribution >= 0.6 is 11.6 Å². The maximum Gasteiger partial charge on any atom is 0.0682 e. The summed E-state index contributed by atoms with van der Waals surface area (Å²) in [5, 5.41) is 9.84. The van der Waals surface area contributed by atoms with Gasteiger partial charge in [-0.3, -0.25) is 0 Å². The first-order chi connectivity index (χ1) is 8.20. The van der Waals surface area contributed by atoms with Crippen molar-refractivity contribution in [3.8, 4) is 0 Å². The molecule has 0 aliphatic heterocycles. The minimum Gasteiger partial charge on any atom is -0.392 e. The highest BCUT2D eigenvalue weighted by atomic mass is 35.5. The summed E-state index contributed by atoms with van der Waals surface area (Å²) in [6.45, 7) is 0.0578. The van der Waals surface area contributed by atoms with E-state index in [0.717, 1.165) is 22.0 Å². The van der Waals surface area contributed by atoms with Crippen LogP contribution in [0.15, 0.2) is 48.5 Å². The Labute approximate surface area is 106 Å². The lowest BCUT2D eigenvalue weighted by Gasteiger charge is -2.20. The van der Waals surface area contributed by atoms with Crippen LogP contribution in [0.2, 0.25) is 5.02 Å². The zero-order chi connectivity index (χ0) is 12.3. The molecule has 0 amide bonds. The zero-order valence-corrected chi connectivity index (χ0v) is 10.4. The fourth-order valence-corrected chi connectivity index (χ4v) is 1.80. The summed E-state index contributed by atoms with van der Waals surface area (Å²) in [7, 11) is 1.99. The van der Waals surface area contributed by atoms with E-state index in [-0.39, 0.29) is 6.61 Å². The molecule has 0 aromatic heterocycles. The number of halogens is 1. The Balaban J connectivity index is 2.29. The maximum absolute atomic E-state index is 9.11. The van der Waals surface area contributed by atoms with Crippen LogP contribution in [-0.2, 0) is 6.61 Å². The van der Waals surface area contributed by atoms with E-state index in [1.54, 1.807) is 0 Å². The number of rotatable bonds is 3. The van der Waals surface area contributed by atoms with Crippen molar-refractivity contribution >= 4 is 23.0 Å². The standard InChI is InChI=1S/C14H14ClNO/c1-16(13-7-5-12(15)6-8-13)14-4-2-3-11(9-14)10-17/h2-9,17H,10H2,1H3. The quantitative estimate of drug-likeness (QED) is 0.896. The molecule has 3 heteroatoms. The largest absolute Gasteiger partial charge is 0.392 e. The van der Waals surface area contributed by atoms with Gasteiger partial charge in [-0.25, -0.2) is 0 Å². The Morgan fingerprint density at radius 3 is 2.41 bits per heavy atom. The number of nitrogens with zero attached hydrogens (tertiary/aromatic N) is 1. The van der Waals surface area contributed by atoms with Gasteiger partial charge in [0.05, 0.1) is 6.61 Å². The lowest BCUT2D eigenvalue weighted by atomic mass is 10.2. The molecule has 2 aromatic carbocycles. The molecule has 0 fully saturated rings. The highest BCUT2D eigenvalue weighted by molar-refractivity contribution is 6.30. The number of aliphatic hydroxyl groups is 1. The summed E-state index contributed by atoms with van der Waals surface area (Å²) >= 11 is 5.86. The summed E-state index contributed by atoms with van der Waals surface area (Å²) in [5.41, 5.74) is 3.01. The topological polar surface area (TPSA) is 23.5 Å². The van der Waals surface area contributed by atoms with Crippen molar-refractivity contribution in [2.24, 2.45) is 0 Å². The Morgan fingerprint density at radius 1 is 1.06 bits per heavy atom. The molecule has 0 spiro atoms. The van der Waals surface area contributed by atoms with Crippen LogP contribution in [0.5, 0.6) is 0 Å².